The van der Waals surface area contributed by atoms with Crippen LogP contribution in [0.15, 0.2) is 54.9 Å². The predicted octanol–water partition coefficient (Wildman–Crippen LogP) is 2.31. The number of benzene rings is 2. The van der Waals surface area contributed by atoms with Crippen LogP contribution in [-0.2, 0) is 4.74 Å². The number of ether oxygens (including phenoxy) is 1. The summed E-state index contributed by atoms with van der Waals surface area (Å²) < 4.78 is 8.46. The number of hydrogen-bond donors (Lipinski definition) is 1. The van der Waals surface area contributed by atoms with Crippen molar-refractivity contribution in [1.82, 2.24) is 34.7 Å². The van der Waals surface area contributed by atoms with Gasteiger partial charge in [0.05, 0.1) is 23.3 Å². The molecule has 0 fully saturated rings. The van der Waals surface area contributed by atoms with E-state index in [1.165, 1.54) is 11.0 Å². The molecule has 30 heavy (non-hydrogen) atoms. The number of anilines is 1. The van der Waals surface area contributed by atoms with Crippen molar-refractivity contribution in [1.29, 1.82) is 0 Å². The maximum atomic E-state index is 12.7. The monoisotopic (exact) mass is 400 g/mol. The van der Waals surface area contributed by atoms with E-state index in [9.17, 15) is 4.79 Å². The number of aromatic nitrogens is 7. The van der Waals surface area contributed by atoms with Gasteiger partial charge in [-0.2, -0.15) is 0 Å². The molecule has 5 aromatic rings. The maximum absolute atomic E-state index is 12.7. The minimum atomic E-state index is -0.534. The summed E-state index contributed by atoms with van der Waals surface area (Å²) >= 11 is 0. The molecule has 3 heterocycles. The van der Waals surface area contributed by atoms with E-state index in [0.29, 0.717) is 22.2 Å². The van der Waals surface area contributed by atoms with Gasteiger partial charge in [-0.05, 0) is 53.7 Å². The summed E-state index contributed by atoms with van der Waals surface area (Å²) in [6.07, 6.45) is 1.50. The lowest BCUT2D eigenvalue weighted by Gasteiger charge is -2.09. The van der Waals surface area contributed by atoms with Gasteiger partial charge in [0.25, 0.3) is 0 Å². The standard InChI is InChI=1S/C20H16N8O2/c1-2-30-20(29)16-17-19(24-15-6-4-3-5-14(15)23-17)28(18(16)21)13-9-7-12(8-10-13)27-11-22-25-26-27/h3-11H,2,21H2,1H3. The van der Waals surface area contributed by atoms with Crippen LogP contribution in [0.25, 0.3) is 33.6 Å². The summed E-state index contributed by atoms with van der Waals surface area (Å²) in [4.78, 5) is 22.0. The third-order valence-electron chi connectivity index (χ3n) is 4.70. The first kappa shape index (κ1) is 17.7. The van der Waals surface area contributed by atoms with E-state index in [-0.39, 0.29) is 18.0 Å². The van der Waals surface area contributed by atoms with Gasteiger partial charge in [-0.1, -0.05) is 12.1 Å². The number of carbonyl (C=O) groups excluding carboxylic acids is 1. The molecule has 10 nitrogen and oxygen atoms in total. The molecule has 0 radical (unpaired) electrons. The van der Waals surface area contributed by atoms with Gasteiger partial charge in [-0.3, -0.25) is 4.57 Å². The van der Waals surface area contributed by atoms with Gasteiger partial charge in [0, 0.05) is 5.69 Å². The molecule has 3 aromatic heterocycles. The second kappa shape index (κ2) is 6.92. The van der Waals surface area contributed by atoms with Crippen LogP contribution in [0.4, 0.5) is 5.82 Å². The topological polar surface area (TPSA) is 127 Å². The van der Waals surface area contributed by atoms with Crippen LogP contribution < -0.4 is 5.73 Å². The second-order valence-corrected chi connectivity index (χ2v) is 6.47. The first-order valence-electron chi connectivity index (χ1n) is 9.25. The lowest BCUT2D eigenvalue weighted by molar-refractivity contribution is 0.0529. The highest BCUT2D eigenvalue weighted by molar-refractivity contribution is 6.09. The molecular weight excluding hydrogens is 384 g/mol. The number of rotatable bonds is 4. The molecule has 0 atom stereocenters. The molecule has 0 saturated carbocycles. The first-order chi connectivity index (χ1) is 14.7. The second-order valence-electron chi connectivity index (χ2n) is 6.47. The van der Waals surface area contributed by atoms with Gasteiger partial charge >= 0.3 is 5.97 Å². The average Bonchev–Trinajstić information content (AvgIpc) is 3.38. The highest BCUT2D eigenvalue weighted by Crippen LogP contribution is 2.31. The number of tetrazole rings is 1. The number of nitrogens with two attached hydrogens (primary N) is 1. The molecule has 10 heteroatoms. The highest BCUT2D eigenvalue weighted by atomic mass is 16.5. The number of para-hydroxylation sites is 2. The van der Waals surface area contributed by atoms with Crippen molar-refractivity contribution in [2.24, 2.45) is 0 Å². The van der Waals surface area contributed by atoms with Crippen LogP contribution in [0.3, 0.4) is 0 Å². The molecule has 0 bridgehead atoms. The summed E-state index contributed by atoms with van der Waals surface area (Å²) in [7, 11) is 0. The normalized spacial score (nSPS) is 11.2. The van der Waals surface area contributed by atoms with E-state index in [2.05, 4.69) is 20.5 Å². The van der Waals surface area contributed by atoms with E-state index in [4.69, 9.17) is 15.5 Å². The zero-order chi connectivity index (χ0) is 20.7. The largest absolute Gasteiger partial charge is 0.462 e. The third kappa shape index (κ3) is 2.73. The Morgan fingerprint density at radius 3 is 2.40 bits per heavy atom. The fraction of sp³-hybridized carbons (Fsp3) is 0.100. The van der Waals surface area contributed by atoms with Gasteiger partial charge in [0.15, 0.2) is 5.65 Å². The SMILES string of the molecule is CCOC(=O)c1c(N)n(-c2ccc(-n3cnnn3)cc2)c2nc3ccccc3nc12. The predicted molar refractivity (Wildman–Crippen MR) is 109 cm³/mol. The molecule has 5 rings (SSSR count). The Hall–Kier alpha value is -4.34. The van der Waals surface area contributed by atoms with Crippen molar-refractivity contribution >= 4 is 34.0 Å². The van der Waals surface area contributed by atoms with Gasteiger partial charge in [0.1, 0.15) is 23.2 Å². The van der Waals surface area contributed by atoms with Crippen LogP contribution in [0.2, 0.25) is 0 Å². The molecule has 148 valence electrons. The Labute approximate surface area is 169 Å². The van der Waals surface area contributed by atoms with E-state index in [1.54, 1.807) is 11.5 Å². The molecule has 0 aliphatic heterocycles. The molecule has 2 N–H and O–H groups in total. The van der Waals surface area contributed by atoms with Gasteiger partial charge < -0.3 is 10.5 Å². The minimum absolute atomic E-state index is 0.203. The van der Waals surface area contributed by atoms with Gasteiger partial charge in [0.2, 0.25) is 0 Å². The molecule has 0 unspecified atom stereocenters. The van der Waals surface area contributed by atoms with Crippen molar-refractivity contribution in [2.45, 2.75) is 6.92 Å². The summed E-state index contributed by atoms with van der Waals surface area (Å²) in [5.74, 6) is -0.317. The third-order valence-corrected chi connectivity index (χ3v) is 4.70. The van der Waals surface area contributed by atoms with Crippen molar-refractivity contribution in [3.05, 3.63) is 60.4 Å². The maximum Gasteiger partial charge on any atom is 0.344 e. The quantitative estimate of drug-likeness (QED) is 0.455. The lowest BCUT2D eigenvalue weighted by atomic mass is 10.2. The Bertz CT molecular complexity index is 1370. The van der Waals surface area contributed by atoms with E-state index < -0.39 is 5.97 Å². The summed E-state index contributed by atoms with van der Waals surface area (Å²) in [6.45, 7) is 1.97. The number of esters is 1. The zero-order valence-electron chi connectivity index (χ0n) is 15.9. The number of nitrogen functional groups attached to an aromatic ring is 1. The number of carbonyl (C=O) groups is 1. The van der Waals surface area contributed by atoms with Crippen molar-refractivity contribution in [2.75, 3.05) is 12.3 Å². The lowest BCUT2D eigenvalue weighted by Crippen LogP contribution is -2.09. The Morgan fingerprint density at radius 2 is 1.73 bits per heavy atom. The van der Waals surface area contributed by atoms with Crippen molar-refractivity contribution < 1.29 is 9.53 Å². The molecule has 0 aliphatic rings. The van der Waals surface area contributed by atoms with Crippen molar-refractivity contribution in [3.63, 3.8) is 0 Å². The van der Waals surface area contributed by atoms with Gasteiger partial charge in [-0.15, -0.1) is 5.10 Å². The fourth-order valence-electron chi connectivity index (χ4n) is 3.36. The smallest absolute Gasteiger partial charge is 0.344 e. The molecule has 0 amide bonds. The van der Waals surface area contributed by atoms with Gasteiger partial charge in [-0.25, -0.2) is 19.4 Å². The van der Waals surface area contributed by atoms with E-state index in [0.717, 1.165) is 11.4 Å². The average molecular weight is 400 g/mol. The molecule has 2 aromatic carbocycles. The molecular formula is C20H16N8O2. The van der Waals surface area contributed by atoms with Crippen LogP contribution >= 0.6 is 0 Å². The molecule has 0 aliphatic carbocycles. The van der Waals surface area contributed by atoms with Crippen molar-refractivity contribution in [3.8, 4) is 11.4 Å². The van der Waals surface area contributed by atoms with Crippen LogP contribution in [0, 0.1) is 0 Å². The zero-order valence-corrected chi connectivity index (χ0v) is 15.9. The van der Waals surface area contributed by atoms with E-state index in [1.807, 2.05) is 48.5 Å². The molecule has 0 spiro atoms. The van der Waals surface area contributed by atoms with E-state index >= 15 is 0 Å². The Balaban J connectivity index is 1.75. The minimum Gasteiger partial charge on any atom is -0.462 e. The van der Waals surface area contributed by atoms with Crippen LogP contribution in [0.5, 0.6) is 0 Å². The first-order valence-corrected chi connectivity index (χ1v) is 9.25. The number of nitrogens with zero attached hydrogens (tertiary/aromatic N) is 7. The summed E-state index contributed by atoms with van der Waals surface area (Å²) in [6, 6.07) is 14.8. The Kier molecular flexibility index (Phi) is 4.09. The highest BCUT2D eigenvalue weighted by Gasteiger charge is 2.25. The summed E-state index contributed by atoms with van der Waals surface area (Å²) in [5, 5.41) is 11.2. The van der Waals surface area contributed by atoms with Crippen LogP contribution in [0.1, 0.15) is 17.3 Å². The molecule has 0 saturated heterocycles. The number of hydrogen-bond acceptors (Lipinski definition) is 8. The fourth-order valence-corrected chi connectivity index (χ4v) is 3.36. The van der Waals surface area contributed by atoms with Crippen LogP contribution in [-0.4, -0.2) is 47.3 Å². The summed E-state index contributed by atoms with van der Waals surface area (Å²) in [5.41, 5.74) is 10.4. The number of fused-ring (bicyclic) bond motifs is 2. The Morgan fingerprint density at radius 1 is 1.03 bits per heavy atom.